The normalized spacial score (nSPS) is 23.8. The molecule has 0 saturated carbocycles. The summed E-state index contributed by atoms with van der Waals surface area (Å²) in [5.74, 6) is 3.13. The van der Waals surface area contributed by atoms with Gasteiger partial charge in [-0.05, 0) is 43.2 Å². The Labute approximate surface area is 154 Å². The highest BCUT2D eigenvalue weighted by Gasteiger charge is 2.25. The van der Waals surface area contributed by atoms with Crippen LogP contribution in [0.1, 0.15) is 45.4 Å². The minimum atomic E-state index is 0.218. The van der Waals surface area contributed by atoms with E-state index in [0.29, 0.717) is 24.7 Å². The van der Waals surface area contributed by atoms with E-state index in [4.69, 9.17) is 5.10 Å². The zero-order valence-corrected chi connectivity index (χ0v) is 15.8. The molecule has 1 amide bonds. The number of hydrogen-bond acceptors (Lipinski definition) is 5. The molecule has 0 N–H and O–H groups in total. The fourth-order valence-corrected chi connectivity index (χ4v) is 4.34. The fraction of sp³-hybridized carbons (Fsp3) is 0.684. The molecule has 0 spiro atoms. The number of anilines is 1. The Kier molecular flexibility index (Phi) is 4.78. The topological polar surface area (TPSA) is 66.6 Å². The van der Waals surface area contributed by atoms with Gasteiger partial charge in [0.05, 0.1) is 0 Å². The van der Waals surface area contributed by atoms with Crippen molar-refractivity contribution in [2.75, 3.05) is 31.1 Å². The number of likely N-dealkylation sites (tertiary alicyclic amines) is 1. The third-order valence-corrected chi connectivity index (χ3v) is 5.53. The summed E-state index contributed by atoms with van der Waals surface area (Å²) in [4.78, 5) is 17.0. The Balaban J connectivity index is 1.45. The van der Waals surface area contributed by atoms with Crippen LogP contribution in [-0.4, -0.2) is 56.8 Å². The molecule has 4 heterocycles. The summed E-state index contributed by atoms with van der Waals surface area (Å²) in [5, 5.41) is 13.2. The second-order valence-electron chi connectivity index (χ2n) is 8.02. The largest absolute Gasteiger partial charge is 0.355 e. The lowest BCUT2D eigenvalue weighted by Crippen LogP contribution is -2.42. The van der Waals surface area contributed by atoms with Crippen LogP contribution in [0.2, 0.25) is 0 Å². The maximum absolute atomic E-state index is 12.6. The molecule has 2 saturated heterocycles. The second kappa shape index (κ2) is 7.21. The SMILES string of the molecule is C[C@@H]1C[C@H](C)CN(C(=O)CCc2nnc3ccc(N4CCCC4)nn23)C1. The highest BCUT2D eigenvalue weighted by atomic mass is 16.2. The zero-order chi connectivity index (χ0) is 18.1. The highest BCUT2D eigenvalue weighted by Crippen LogP contribution is 2.22. The predicted molar refractivity (Wildman–Crippen MR) is 100 cm³/mol. The first-order valence-corrected chi connectivity index (χ1v) is 9.84. The van der Waals surface area contributed by atoms with E-state index in [9.17, 15) is 4.79 Å². The van der Waals surface area contributed by atoms with Crippen molar-refractivity contribution in [1.82, 2.24) is 24.7 Å². The van der Waals surface area contributed by atoms with E-state index in [2.05, 4.69) is 28.9 Å². The Morgan fingerprint density at radius 1 is 1.12 bits per heavy atom. The Bertz CT molecular complexity index is 771. The number of nitrogens with zero attached hydrogens (tertiary/aromatic N) is 6. The lowest BCUT2D eigenvalue weighted by molar-refractivity contribution is -0.133. The molecular weight excluding hydrogens is 328 g/mol. The van der Waals surface area contributed by atoms with Gasteiger partial charge in [0.1, 0.15) is 5.82 Å². The van der Waals surface area contributed by atoms with E-state index in [1.165, 1.54) is 19.3 Å². The van der Waals surface area contributed by atoms with Crippen LogP contribution in [0.25, 0.3) is 5.65 Å². The lowest BCUT2D eigenvalue weighted by atomic mass is 9.91. The maximum atomic E-state index is 12.6. The molecule has 7 heteroatoms. The molecule has 26 heavy (non-hydrogen) atoms. The van der Waals surface area contributed by atoms with Crippen molar-refractivity contribution in [2.24, 2.45) is 11.8 Å². The molecule has 0 aromatic carbocycles. The Hall–Kier alpha value is -2.18. The third kappa shape index (κ3) is 3.52. The molecule has 0 unspecified atom stereocenters. The molecular formula is C19H28N6O. The van der Waals surface area contributed by atoms with Gasteiger partial charge in [0, 0.05) is 39.0 Å². The monoisotopic (exact) mass is 356 g/mol. The van der Waals surface area contributed by atoms with Gasteiger partial charge in [-0.25, -0.2) is 0 Å². The van der Waals surface area contributed by atoms with Crippen molar-refractivity contribution in [3.8, 4) is 0 Å². The Morgan fingerprint density at radius 3 is 2.58 bits per heavy atom. The lowest BCUT2D eigenvalue weighted by Gasteiger charge is -2.35. The predicted octanol–water partition coefficient (Wildman–Crippen LogP) is 2.16. The molecule has 2 aliphatic rings. The number of amides is 1. The van der Waals surface area contributed by atoms with Gasteiger partial charge in [-0.1, -0.05) is 13.8 Å². The van der Waals surface area contributed by atoms with E-state index < -0.39 is 0 Å². The van der Waals surface area contributed by atoms with Crippen LogP contribution in [-0.2, 0) is 11.2 Å². The number of carbonyl (C=O) groups is 1. The van der Waals surface area contributed by atoms with Crippen LogP contribution in [0.4, 0.5) is 5.82 Å². The first-order chi connectivity index (χ1) is 12.6. The third-order valence-electron chi connectivity index (χ3n) is 5.53. The van der Waals surface area contributed by atoms with Gasteiger partial charge in [0.15, 0.2) is 11.5 Å². The van der Waals surface area contributed by atoms with Crippen molar-refractivity contribution in [3.63, 3.8) is 0 Å². The molecule has 2 aromatic rings. The van der Waals surface area contributed by atoms with Gasteiger partial charge in [-0.15, -0.1) is 15.3 Å². The summed E-state index contributed by atoms with van der Waals surface area (Å²) in [6, 6.07) is 3.98. The van der Waals surface area contributed by atoms with Crippen molar-refractivity contribution in [3.05, 3.63) is 18.0 Å². The van der Waals surface area contributed by atoms with Crippen LogP contribution in [0, 0.1) is 11.8 Å². The first-order valence-electron chi connectivity index (χ1n) is 9.84. The van der Waals surface area contributed by atoms with Crippen LogP contribution >= 0.6 is 0 Å². The minimum Gasteiger partial charge on any atom is -0.355 e. The maximum Gasteiger partial charge on any atom is 0.223 e. The number of rotatable bonds is 4. The summed E-state index contributed by atoms with van der Waals surface area (Å²) in [7, 11) is 0. The number of piperidine rings is 1. The quantitative estimate of drug-likeness (QED) is 0.840. The van der Waals surface area contributed by atoms with Crippen molar-refractivity contribution in [2.45, 2.75) is 46.0 Å². The molecule has 4 rings (SSSR count). The van der Waals surface area contributed by atoms with Crippen molar-refractivity contribution < 1.29 is 4.79 Å². The summed E-state index contributed by atoms with van der Waals surface area (Å²) in [6.07, 6.45) is 4.69. The molecule has 2 fully saturated rings. The summed E-state index contributed by atoms with van der Waals surface area (Å²) < 4.78 is 1.81. The molecule has 0 bridgehead atoms. The van der Waals surface area contributed by atoms with E-state index in [1.54, 1.807) is 0 Å². The van der Waals surface area contributed by atoms with E-state index in [-0.39, 0.29) is 5.91 Å². The number of hydrogen-bond donors (Lipinski definition) is 0. The molecule has 0 aliphatic carbocycles. The smallest absolute Gasteiger partial charge is 0.223 e. The van der Waals surface area contributed by atoms with Gasteiger partial charge < -0.3 is 9.80 Å². The molecule has 2 aliphatic heterocycles. The van der Waals surface area contributed by atoms with Crippen LogP contribution in [0.5, 0.6) is 0 Å². The highest BCUT2D eigenvalue weighted by molar-refractivity contribution is 5.76. The molecule has 0 radical (unpaired) electrons. The van der Waals surface area contributed by atoms with Gasteiger partial charge in [-0.3, -0.25) is 4.79 Å². The zero-order valence-electron chi connectivity index (χ0n) is 15.8. The van der Waals surface area contributed by atoms with Gasteiger partial charge in [0.25, 0.3) is 0 Å². The summed E-state index contributed by atoms with van der Waals surface area (Å²) in [6.45, 7) is 8.32. The molecule has 2 atom stereocenters. The standard InChI is InChI=1S/C19H28N6O/c1-14-11-15(2)13-24(12-14)19(26)8-7-17-21-20-16-5-6-18(22-25(16)17)23-9-3-4-10-23/h5-6,14-15H,3-4,7-13H2,1-2H3/t14-,15+. The number of carbonyl (C=O) groups excluding carboxylic acids is 1. The van der Waals surface area contributed by atoms with Crippen molar-refractivity contribution >= 4 is 17.4 Å². The Morgan fingerprint density at radius 2 is 1.85 bits per heavy atom. The summed E-state index contributed by atoms with van der Waals surface area (Å²) >= 11 is 0. The molecule has 140 valence electrons. The fourth-order valence-electron chi connectivity index (χ4n) is 4.34. The average molecular weight is 356 g/mol. The van der Waals surface area contributed by atoms with Crippen LogP contribution in [0.15, 0.2) is 12.1 Å². The average Bonchev–Trinajstić information content (AvgIpc) is 3.28. The molecule has 7 nitrogen and oxygen atoms in total. The van der Waals surface area contributed by atoms with Crippen LogP contribution < -0.4 is 4.90 Å². The number of aromatic nitrogens is 4. The van der Waals surface area contributed by atoms with E-state index >= 15 is 0 Å². The van der Waals surface area contributed by atoms with E-state index in [0.717, 1.165) is 43.5 Å². The first kappa shape index (κ1) is 17.2. The van der Waals surface area contributed by atoms with Crippen LogP contribution in [0.3, 0.4) is 0 Å². The van der Waals surface area contributed by atoms with Crippen molar-refractivity contribution in [1.29, 1.82) is 0 Å². The van der Waals surface area contributed by atoms with E-state index in [1.807, 2.05) is 21.5 Å². The number of fused-ring (bicyclic) bond motifs is 1. The minimum absolute atomic E-state index is 0.218. The molecule has 2 aromatic heterocycles. The number of aryl methyl sites for hydroxylation is 1. The van der Waals surface area contributed by atoms with Gasteiger partial charge in [0.2, 0.25) is 5.91 Å². The second-order valence-corrected chi connectivity index (χ2v) is 8.02. The van der Waals surface area contributed by atoms with Gasteiger partial charge >= 0.3 is 0 Å². The summed E-state index contributed by atoms with van der Waals surface area (Å²) in [5.41, 5.74) is 0.746. The van der Waals surface area contributed by atoms with Gasteiger partial charge in [-0.2, -0.15) is 4.52 Å².